The molecular weight excluding hydrogens is 1540 g/mol. The van der Waals surface area contributed by atoms with Gasteiger partial charge in [-0.05, 0) is 155 Å². The summed E-state index contributed by atoms with van der Waals surface area (Å²) in [5, 5.41) is 47.3. The number of halogens is 2. The first-order valence-electron chi connectivity index (χ1n) is 27.1. The van der Waals surface area contributed by atoms with Crippen LogP contribution in [0.15, 0.2) is 194 Å². The number of sulfone groups is 2. The number of phenols is 2. The minimum atomic E-state index is -5.34. The molecule has 0 atom stereocenters. The lowest BCUT2D eigenvalue weighted by Crippen LogP contribution is -2.09. The number of aromatic hydroxyl groups is 2. The van der Waals surface area contributed by atoms with Crippen LogP contribution in [0.1, 0.15) is 0 Å². The Balaban J connectivity index is 0.788. The fourth-order valence-electron chi connectivity index (χ4n) is 8.95. The van der Waals surface area contributed by atoms with Crippen LogP contribution in [0.25, 0.3) is 21.5 Å². The van der Waals surface area contributed by atoms with E-state index in [4.69, 9.17) is 23.2 Å². The van der Waals surface area contributed by atoms with Crippen LogP contribution in [0.4, 0.5) is 69.3 Å². The second-order valence-corrected chi connectivity index (χ2v) is 34.9. The van der Waals surface area contributed by atoms with E-state index >= 15 is 0 Å². The van der Waals surface area contributed by atoms with Crippen LogP contribution in [0.3, 0.4) is 0 Å². The van der Waals surface area contributed by atoms with Crippen molar-refractivity contribution < 1.29 is 91.9 Å². The molecule has 0 amide bonds. The first-order valence-corrected chi connectivity index (χ1v) is 40.9. The van der Waals surface area contributed by atoms with E-state index in [1.54, 1.807) is 30.3 Å². The van der Waals surface area contributed by atoms with Crippen LogP contribution in [-0.4, -0.2) is 145 Å². The molecule has 46 heteroatoms. The smallest absolute Gasteiger partial charge is 0.296 e. The van der Waals surface area contributed by atoms with Crippen LogP contribution in [-0.2, 0) is 70.3 Å². The molecule has 2 heterocycles. The molecule has 0 spiro atoms. The number of fused-ring (bicyclic) bond motifs is 2. The molecule has 0 saturated heterocycles. The van der Waals surface area contributed by atoms with Gasteiger partial charge >= 0.3 is 0 Å². The van der Waals surface area contributed by atoms with Gasteiger partial charge in [-0.1, -0.05) is 39.8 Å². The quantitative estimate of drug-likeness (QED) is 0.0104. The normalized spacial score (nSPS) is 12.8. The number of para-hydroxylation sites is 1. The fourth-order valence-corrected chi connectivity index (χ4v) is 18.2. The number of benzene rings is 8. The Bertz CT molecular complexity index is 5850. The standard InChI is InChI=1S/C54H42Cl2N14O21S9/c55-49-61-51(57-30-4-2-1-3-5-30)65-53(63-49)59-39-26-37(97(80,81)82)22-28-24-41(99(86,87)88)45(47(71)43(28)39)69-67-32-8-12-34(13-9-32)94(73,74)20-18-92-93-19-21-95(75,76)35-14-10-33(11-15-35)68-70-46-42(100(89,90)91)25-29-23-38(98(83,84)85)27-40(44(29)48(46)72)60-54-64-50(56)62-52(66-54)58-31-6-16-36(17-7-31)96(77,78)79/h1-17,22-27,71-72H,18-21H2,(H,77,78,79)(H,80,81,82)(H,83,84,85)(H,86,87,88)(H,89,90,91)(H2,57,59,61,63,65)(H2,58,60,62,64,66). The SMILES string of the molecule is O=S(=O)(O)c1ccc(Nc2nc(Cl)nc(Nc3cc(S(=O)(=O)O)cc4cc(S(=O)(=O)O)c(N=Nc5ccc(S(=O)(=O)CCSSCCS(=O)(=O)c6ccc(N=Nc7c(S(=O)(=O)O)cc8cc(S(=O)(=O)O)cc(Nc9nc(Cl)nc(Nc%10ccccc%10)n9)c8c7O)cc6)cc5)c(O)c34)n2)cc1. The van der Waals surface area contributed by atoms with Gasteiger partial charge in [-0.2, -0.15) is 82.2 Å². The Morgan fingerprint density at radius 3 is 1.06 bits per heavy atom. The van der Waals surface area contributed by atoms with Gasteiger partial charge in [-0.15, -0.1) is 10.2 Å². The number of aromatic nitrogens is 6. The summed E-state index contributed by atoms with van der Waals surface area (Å²) in [6, 6.07) is 26.9. The fraction of sp³-hybridized carbons (Fsp3) is 0.0741. The Hall–Kier alpha value is -8.97. The molecule has 0 fully saturated rings. The topological polar surface area (TPSA) is 555 Å². The van der Waals surface area contributed by atoms with Crippen molar-refractivity contribution in [2.24, 2.45) is 20.5 Å². The maximum atomic E-state index is 13.4. The lowest BCUT2D eigenvalue weighted by Gasteiger charge is -2.15. The molecule has 522 valence electrons. The van der Waals surface area contributed by atoms with Crippen molar-refractivity contribution in [2.75, 3.05) is 44.3 Å². The molecular formula is C54H42Cl2N14O21S9. The van der Waals surface area contributed by atoms with E-state index in [1.807, 2.05) is 0 Å². The van der Waals surface area contributed by atoms with E-state index in [0.717, 1.165) is 100 Å². The number of azo groups is 2. The van der Waals surface area contributed by atoms with Gasteiger partial charge in [0.05, 0.1) is 58.7 Å². The van der Waals surface area contributed by atoms with Crippen molar-refractivity contribution in [3.05, 3.63) is 150 Å². The molecule has 0 aliphatic carbocycles. The van der Waals surface area contributed by atoms with E-state index in [1.165, 1.54) is 24.3 Å². The number of nitrogens with zero attached hydrogens (tertiary/aromatic N) is 10. The number of nitrogens with one attached hydrogen (secondary N) is 4. The van der Waals surface area contributed by atoms with Crippen molar-refractivity contribution in [2.45, 2.75) is 34.3 Å². The average Bonchev–Trinajstić information content (AvgIpc) is 0.753. The predicted octanol–water partition coefficient (Wildman–Crippen LogP) is 10.7. The Kier molecular flexibility index (Phi) is 21.3. The molecule has 2 aromatic heterocycles. The summed E-state index contributed by atoms with van der Waals surface area (Å²) in [4.78, 5) is 19.4. The van der Waals surface area contributed by atoms with Crippen molar-refractivity contribution in [1.29, 1.82) is 0 Å². The summed E-state index contributed by atoms with van der Waals surface area (Å²) in [7, 11) is -31.3. The first kappa shape index (κ1) is 73.7. The Morgan fingerprint density at radius 2 is 0.710 bits per heavy atom. The van der Waals surface area contributed by atoms with E-state index < -0.39 is 157 Å². The number of hydrogen-bond donors (Lipinski definition) is 11. The summed E-state index contributed by atoms with van der Waals surface area (Å²) in [6.45, 7) is 0. The minimum absolute atomic E-state index is 0.0340. The highest BCUT2D eigenvalue weighted by atomic mass is 35.5. The maximum Gasteiger partial charge on any atom is 0.296 e. The summed E-state index contributed by atoms with van der Waals surface area (Å²) in [5.74, 6) is -4.23. The third kappa shape index (κ3) is 18.0. The van der Waals surface area contributed by atoms with Crippen LogP contribution in [0.5, 0.6) is 11.5 Å². The van der Waals surface area contributed by atoms with Gasteiger partial charge in [0.2, 0.25) is 34.4 Å². The van der Waals surface area contributed by atoms with E-state index in [0.29, 0.717) is 11.8 Å². The van der Waals surface area contributed by atoms with Gasteiger partial charge in [0, 0.05) is 33.7 Å². The Morgan fingerprint density at radius 1 is 0.370 bits per heavy atom. The molecule has 0 aliphatic heterocycles. The van der Waals surface area contributed by atoms with Crippen LogP contribution in [0, 0.1) is 0 Å². The van der Waals surface area contributed by atoms with E-state index in [2.05, 4.69) is 71.6 Å². The number of anilines is 8. The van der Waals surface area contributed by atoms with Crippen molar-refractivity contribution in [1.82, 2.24) is 29.9 Å². The third-order valence-electron chi connectivity index (χ3n) is 13.4. The maximum absolute atomic E-state index is 13.4. The van der Waals surface area contributed by atoms with Gasteiger partial charge in [0.15, 0.2) is 31.2 Å². The second-order valence-electron chi connectivity index (χ2n) is 20.2. The van der Waals surface area contributed by atoms with Gasteiger partial charge < -0.3 is 31.5 Å². The van der Waals surface area contributed by atoms with Gasteiger partial charge in [-0.3, -0.25) is 22.8 Å². The lowest BCUT2D eigenvalue weighted by molar-refractivity contribution is 0.471. The monoisotopic (exact) mass is 1580 g/mol. The molecule has 35 nitrogen and oxygen atoms in total. The highest BCUT2D eigenvalue weighted by Gasteiger charge is 2.29. The highest BCUT2D eigenvalue weighted by molar-refractivity contribution is 8.76. The highest BCUT2D eigenvalue weighted by Crippen LogP contribution is 2.48. The number of rotatable bonds is 26. The molecule has 10 aromatic rings. The molecule has 11 N–H and O–H groups in total. The molecule has 100 heavy (non-hydrogen) atoms. The number of phenolic OH excluding ortho intramolecular Hbond substituents is 2. The zero-order valence-electron chi connectivity index (χ0n) is 49.4. The average molecular weight is 1580 g/mol. The molecule has 0 saturated carbocycles. The van der Waals surface area contributed by atoms with Crippen molar-refractivity contribution in [3.8, 4) is 11.5 Å². The van der Waals surface area contributed by atoms with Crippen LogP contribution >= 0.6 is 44.8 Å². The summed E-state index contributed by atoms with van der Waals surface area (Å²) >= 11 is 12.3. The first-order chi connectivity index (χ1) is 46.8. The zero-order valence-corrected chi connectivity index (χ0v) is 58.2. The largest absolute Gasteiger partial charge is 0.505 e. The summed E-state index contributed by atoms with van der Waals surface area (Å²) in [5.41, 5.74) is -2.13. The van der Waals surface area contributed by atoms with Crippen LogP contribution < -0.4 is 21.3 Å². The molecule has 8 aromatic carbocycles. The van der Waals surface area contributed by atoms with E-state index in [-0.39, 0.29) is 77.9 Å². The molecule has 0 radical (unpaired) electrons. The molecule has 10 rings (SSSR count). The second kappa shape index (κ2) is 28.9. The van der Waals surface area contributed by atoms with Gasteiger partial charge in [0.25, 0.3) is 50.6 Å². The lowest BCUT2D eigenvalue weighted by atomic mass is 10.1. The van der Waals surface area contributed by atoms with E-state index in [9.17, 15) is 91.9 Å². The third-order valence-corrected chi connectivity index (χ3v) is 24.4. The Labute approximate surface area is 583 Å². The molecule has 0 bridgehead atoms. The van der Waals surface area contributed by atoms with Crippen LogP contribution in [0.2, 0.25) is 10.6 Å². The minimum Gasteiger partial charge on any atom is -0.505 e. The van der Waals surface area contributed by atoms with Gasteiger partial charge in [0.1, 0.15) is 21.2 Å². The van der Waals surface area contributed by atoms with Crippen molar-refractivity contribution >= 4 is 206 Å². The summed E-state index contributed by atoms with van der Waals surface area (Å²) < 4.78 is 227. The van der Waals surface area contributed by atoms with Crippen molar-refractivity contribution in [3.63, 3.8) is 0 Å². The molecule has 0 unspecified atom stereocenters. The predicted molar refractivity (Wildman–Crippen MR) is 366 cm³/mol. The summed E-state index contributed by atoms with van der Waals surface area (Å²) in [6.07, 6.45) is 0. The molecule has 0 aliphatic rings. The van der Waals surface area contributed by atoms with Gasteiger partial charge in [-0.25, -0.2) is 16.8 Å². The zero-order chi connectivity index (χ0) is 72.5. The number of hydrogen-bond acceptors (Lipinski definition) is 32.